The number of hydrogen-bond acceptors (Lipinski definition) is 9. The summed E-state index contributed by atoms with van der Waals surface area (Å²) < 4.78 is 36.9. The van der Waals surface area contributed by atoms with E-state index in [1.807, 2.05) is 36.4 Å². The Kier molecular flexibility index (Phi) is 24.1. The van der Waals surface area contributed by atoms with Gasteiger partial charge in [0.15, 0.2) is 0 Å². The van der Waals surface area contributed by atoms with E-state index in [1.54, 1.807) is 0 Å². The van der Waals surface area contributed by atoms with E-state index < -0.39 is 5.41 Å². The molecule has 0 aliphatic rings. The van der Waals surface area contributed by atoms with Gasteiger partial charge < -0.3 is 43.7 Å². The summed E-state index contributed by atoms with van der Waals surface area (Å²) in [6, 6.07) is 12.3. The molecule has 0 fully saturated rings. The van der Waals surface area contributed by atoms with E-state index in [2.05, 4.69) is 48.5 Å². The summed E-state index contributed by atoms with van der Waals surface area (Å²) in [5, 5.41) is 35.3. The average Bonchev–Trinajstić information content (AvgIpc) is 3.24. The SMILES string of the molecule is CCCCOCc1cc(C(C)(c2cc(COCCCC)c(O)c(COCCCC)c2)c2cc(COCCCC)c(O)c(COCCCC)c2)cc(COCCCC)c1O. The first-order valence-electron chi connectivity index (χ1n) is 22.7. The van der Waals surface area contributed by atoms with E-state index in [0.29, 0.717) is 73.0 Å². The van der Waals surface area contributed by atoms with E-state index in [1.165, 1.54) is 0 Å². The summed E-state index contributed by atoms with van der Waals surface area (Å²) >= 11 is 0. The molecule has 3 rings (SSSR count). The third-order valence-corrected chi connectivity index (χ3v) is 10.9. The maximum atomic E-state index is 11.8. The fourth-order valence-corrected chi connectivity index (χ4v) is 6.88. The standard InChI is InChI=1S/C50H78O9/c1-8-14-20-54-32-38-26-44(27-39(47(38)51)33-55-21-15-9-2)50(7,45-28-40(34-56-22-16-10-3)48(52)41(29-45)35-57-23-17-11-4)46-30-42(36-58-24-18-12-5)49(53)43(31-46)37-59-25-19-13-6/h26-31,51-53H,8-25,32-37H2,1-7H3. The number of phenolic OH excluding ortho intramolecular Hbond substituents is 3. The molecule has 3 N–H and O–H groups in total. The van der Waals surface area contributed by atoms with Gasteiger partial charge in [-0.15, -0.1) is 0 Å². The molecule has 0 bridgehead atoms. The van der Waals surface area contributed by atoms with Crippen molar-refractivity contribution in [3.63, 3.8) is 0 Å². The highest BCUT2D eigenvalue weighted by Gasteiger charge is 2.36. The molecule has 0 aliphatic heterocycles. The maximum absolute atomic E-state index is 11.8. The molecule has 332 valence electrons. The van der Waals surface area contributed by atoms with E-state index in [9.17, 15) is 15.3 Å². The van der Waals surface area contributed by atoms with Gasteiger partial charge in [0.1, 0.15) is 17.2 Å². The molecule has 0 unspecified atom stereocenters. The summed E-state index contributed by atoms with van der Waals surface area (Å²) in [6.45, 7) is 19.9. The van der Waals surface area contributed by atoms with Crippen LogP contribution >= 0.6 is 0 Å². The Morgan fingerprint density at radius 3 is 0.661 bits per heavy atom. The van der Waals surface area contributed by atoms with Crippen molar-refractivity contribution in [1.82, 2.24) is 0 Å². The van der Waals surface area contributed by atoms with Crippen LogP contribution in [-0.2, 0) is 73.5 Å². The minimum atomic E-state index is -0.905. The molecule has 9 heteroatoms. The van der Waals surface area contributed by atoms with Gasteiger partial charge in [0, 0.05) is 78.4 Å². The molecule has 0 spiro atoms. The molecule has 0 aliphatic carbocycles. The van der Waals surface area contributed by atoms with Crippen molar-refractivity contribution in [3.05, 3.63) is 86.5 Å². The van der Waals surface area contributed by atoms with Gasteiger partial charge in [-0.2, -0.15) is 0 Å². The third kappa shape index (κ3) is 15.7. The number of unbranched alkanes of at least 4 members (excludes halogenated alkanes) is 6. The predicted octanol–water partition coefficient (Wildman–Crippen LogP) is 12.1. The first-order valence-corrected chi connectivity index (χ1v) is 22.7. The number of ether oxygens (including phenoxy) is 6. The zero-order chi connectivity index (χ0) is 42.9. The molecule has 0 saturated carbocycles. The quantitative estimate of drug-likeness (QED) is 0.0408. The zero-order valence-electron chi connectivity index (χ0n) is 37.7. The normalized spacial score (nSPS) is 11.8. The number of aromatic hydroxyl groups is 3. The van der Waals surface area contributed by atoms with Gasteiger partial charge in [-0.1, -0.05) is 80.1 Å². The van der Waals surface area contributed by atoms with Crippen LogP contribution in [0, 0.1) is 0 Å². The first kappa shape index (κ1) is 50.2. The van der Waals surface area contributed by atoms with Crippen LogP contribution in [0.25, 0.3) is 0 Å². The van der Waals surface area contributed by atoms with Crippen molar-refractivity contribution in [2.45, 2.75) is 171 Å². The molecule has 0 heterocycles. The van der Waals surface area contributed by atoms with Crippen LogP contribution in [0.4, 0.5) is 0 Å². The van der Waals surface area contributed by atoms with Crippen molar-refractivity contribution in [1.29, 1.82) is 0 Å². The number of phenols is 3. The van der Waals surface area contributed by atoms with Crippen molar-refractivity contribution in [2.24, 2.45) is 0 Å². The number of rotatable bonds is 33. The van der Waals surface area contributed by atoms with E-state index in [-0.39, 0.29) is 56.9 Å². The minimum Gasteiger partial charge on any atom is -0.507 e. The second-order valence-electron chi connectivity index (χ2n) is 16.0. The average molecular weight is 823 g/mol. The van der Waals surface area contributed by atoms with Crippen LogP contribution in [0.1, 0.15) is 176 Å². The van der Waals surface area contributed by atoms with Gasteiger partial charge in [-0.05, 0) is 98.5 Å². The van der Waals surface area contributed by atoms with E-state index in [4.69, 9.17) is 28.4 Å². The molecule has 3 aromatic rings. The Morgan fingerprint density at radius 1 is 0.339 bits per heavy atom. The van der Waals surface area contributed by atoms with Gasteiger partial charge >= 0.3 is 0 Å². The molecule has 0 amide bonds. The molecule has 0 radical (unpaired) electrons. The minimum absolute atomic E-state index is 0.172. The van der Waals surface area contributed by atoms with Crippen LogP contribution in [0.2, 0.25) is 0 Å². The fraction of sp³-hybridized carbons (Fsp3) is 0.640. The van der Waals surface area contributed by atoms with Crippen LogP contribution < -0.4 is 0 Å². The zero-order valence-corrected chi connectivity index (χ0v) is 37.7. The van der Waals surface area contributed by atoms with Crippen molar-refractivity contribution < 1.29 is 43.7 Å². The Bertz CT molecular complexity index is 1330. The monoisotopic (exact) mass is 823 g/mol. The molecule has 3 aromatic carbocycles. The van der Waals surface area contributed by atoms with Crippen LogP contribution in [0.3, 0.4) is 0 Å². The molecule has 0 saturated heterocycles. The van der Waals surface area contributed by atoms with Crippen molar-refractivity contribution >= 4 is 0 Å². The summed E-state index contributed by atoms with van der Waals surface area (Å²) in [6.07, 6.45) is 11.6. The third-order valence-electron chi connectivity index (χ3n) is 10.9. The van der Waals surface area contributed by atoms with Crippen molar-refractivity contribution in [2.75, 3.05) is 39.6 Å². The predicted molar refractivity (Wildman–Crippen MR) is 237 cm³/mol. The number of benzene rings is 3. The molecule has 59 heavy (non-hydrogen) atoms. The molecule has 9 nitrogen and oxygen atoms in total. The Balaban J connectivity index is 2.42. The van der Waals surface area contributed by atoms with Gasteiger partial charge in [0.25, 0.3) is 0 Å². The summed E-state index contributed by atoms with van der Waals surface area (Å²) in [7, 11) is 0. The highest BCUT2D eigenvalue weighted by Crippen LogP contribution is 2.46. The molecular formula is C50H78O9. The van der Waals surface area contributed by atoms with Gasteiger partial charge in [-0.25, -0.2) is 0 Å². The summed E-state index contributed by atoms with van der Waals surface area (Å²) in [4.78, 5) is 0. The largest absolute Gasteiger partial charge is 0.507 e. The Labute approximate surface area is 356 Å². The number of hydrogen-bond donors (Lipinski definition) is 3. The summed E-state index contributed by atoms with van der Waals surface area (Å²) in [5.41, 5.74) is 5.86. The lowest BCUT2D eigenvalue weighted by Crippen LogP contribution is -2.27. The topological polar surface area (TPSA) is 116 Å². The highest BCUT2D eigenvalue weighted by molar-refractivity contribution is 5.59. The van der Waals surface area contributed by atoms with E-state index in [0.717, 1.165) is 93.7 Å². The van der Waals surface area contributed by atoms with Crippen LogP contribution in [0.5, 0.6) is 17.2 Å². The van der Waals surface area contributed by atoms with Gasteiger partial charge in [0.05, 0.1) is 39.6 Å². The first-order chi connectivity index (χ1) is 28.7. The van der Waals surface area contributed by atoms with Crippen LogP contribution in [0.15, 0.2) is 36.4 Å². The Morgan fingerprint density at radius 2 is 0.508 bits per heavy atom. The second kappa shape index (κ2) is 28.4. The lowest BCUT2D eigenvalue weighted by molar-refractivity contribution is 0.110. The summed E-state index contributed by atoms with van der Waals surface area (Å²) in [5.74, 6) is 0.515. The van der Waals surface area contributed by atoms with Gasteiger partial charge in [-0.3, -0.25) is 0 Å². The fourth-order valence-electron chi connectivity index (χ4n) is 6.88. The lowest BCUT2D eigenvalue weighted by atomic mass is 9.69. The van der Waals surface area contributed by atoms with Gasteiger partial charge in [0.2, 0.25) is 0 Å². The maximum Gasteiger partial charge on any atom is 0.126 e. The molecular weight excluding hydrogens is 745 g/mol. The van der Waals surface area contributed by atoms with Crippen LogP contribution in [-0.4, -0.2) is 55.0 Å². The molecule has 0 aromatic heterocycles. The highest BCUT2D eigenvalue weighted by atomic mass is 16.5. The second-order valence-corrected chi connectivity index (χ2v) is 16.0. The molecule has 0 atom stereocenters. The Hall–Kier alpha value is -3.18. The lowest BCUT2D eigenvalue weighted by Gasteiger charge is -2.35. The van der Waals surface area contributed by atoms with Crippen molar-refractivity contribution in [3.8, 4) is 17.2 Å². The smallest absolute Gasteiger partial charge is 0.126 e. The van der Waals surface area contributed by atoms with E-state index >= 15 is 0 Å².